The van der Waals surface area contributed by atoms with Crippen LogP contribution in [0.1, 0.15) is 24.2 Å². The normalized spacial score (nSPS) is 12.0. The molecule has 0 fully saturated rings. The second kappa shape index (κ2) is 6.54. The zero-order valence-corrected chi connectivity index (χ0v) is 11.8. The van der Waals surface area contributed by atoms with Gasteiger partial charge in [-0.1, -0.05) is 12.1 Å². The number of rotatable bonds is 5. The molecular weight excluding hydrogens is 278 g/mol. The van der Waals surface area contributed by atoms with Gasteiger partial charge in [-0.25, -0.2) is 8.78 Å². The quantitative estimate of drug-likeness (QED) is 0.915. The fourth-order valence-electron chi connectivity index (χ4n) is 1.93. The minimum absolute atomic E-state index is 0.106. The van der Waals surface area contributed by atoms with Gasteiger partial charge in [-0.3, -0.25) is 0 Å². The Kier molecular flexibility index (Phi) is 4.75. The van der Waals surface area contributed by atoms with Crippen LogP contribution < -0.4 is 9.47 Å². The molecule has 3 nitrogen and oxygen atoms in total. The van der Waals surface area contributed by atoms with E-state index in [0.29, 0.717) is 17.1 Å². The van der Waals surface area contributed by atoms with Crippen molar-refractivity contribution in [1.29, 1.82) is 0 Å². The van der Waals surface area contributed by atoms with Crippen molar-refractivity contribution in [2.75, 3.05) is 7.11 Å². The molecule has 1 atom stereocenters. The van der Waals surface area contributed by atoms with Crippen LogP contribution in [0.25, 0.3) is 0 Å². The highest BCUT2D eigenvalue weighted by Crippen LogP contribution is 2.30. The molecule has 0 saturated heterocycles. The van der Waals surface area contributed by atoms with Crippen molar-refractivity contribution < 1.29 is 23.4 Å². The average Bonchev–Trinajstić information content (AvgIpc) is 2.48. The first kappa shape index (κ1) is 15.3. The number of benzene rings is 2. The van der Waals surface area contributed by atoms with Crippen LogP contribution in [0.3, 0.4) is 0 Å². The fraction of sp³-hybridized carbons (Fsp3) is 0.250. The van der Waals surface area contributed by atoms with Crippen LogP contribution in [-0.4, -0.2) is 12.2 Å². The molecular formula is C16H16F2O3. The molecule has 2 aromatic rings. The molecule has 0 aromatic heterocycles. The van der Waals surface area contributed by atoms with Gasteiger partial charge in [0.05, 0.1) is 13.2 Å². The number of aliphatic hydroxyl groups is 1. The molecule has 2 aromatic carbocycles. The summed E-state index contributed by atoms with van der Waals surface area (Å²) in [5, 5.41) is 9.71. The van der Waals surface area contributed by atoms with E-state index in [2.05, 4.69) is 0 Å². The standard InChI is InChI=1S/C16H16F2O3/c1-10(19)13-7-6-12(20-2)8-15(13)21-9-11-4-3-5-14(17)16(11)18/h3-8,10,19H,9H2,1-2H3/t10-/m0/s1. The van der Waals surface area contributed by atoms with Gasteiger partial charge in [-0.2, -0.15) is 0 Å². The van der Waals surface area contributed by atoms with E-state index < -0.39 is 17.7 Å². The first-order valence-electron chi connectivity index (χ1n) is 6.44. The van der Waals surface area contributed by atoms with Gasteiger partial charge in [0.25, 0.3) is 0 Å². The van der Waals surface area contributed by atoms with Crippen LogP contribution in [0.5, 0.6) is 11.5 Å². The van der Waals surface area contributed by atoms with E-state index >= 15 is 0 Å². The summed E-state index contributed by atoms with van der Waals surface area (Å²) >= 11 is 0. The zero-order chi connectivity index (χ0) is 15.4. The maximum atomic E-state index is 13.6. The Hall–Kier alpha value is -2.14. The lowest BCUT2D eigenvalue weighted by Crippen LogP contribution is -2.04. The second-order valence-corrected chi connectivity index (χ2v) is 4.58. The molecule has 0 unspecified atom stereocenters. The van der Waals surface area contributed by atoms with Crippen LogP contribution in [0.4, 0.5) is 8.78 Å². The summed E-state index contributed by atoms with van der Waals surface area (Å²) < 4.78 is 37.3. The van der Waals surface area contributed by atoms with Gasteiger partial charge in [-0.15, -0.1) is 0 Å². The molecule has 0 saturated carbocycles. The predicted molar refractivity (Wildman–Crippen MR) is 74.3 cm³/mol. The Balaban J connectivity index is 2.24. The summed E-state index contributed by atoms with van der Waals surface area (Å²) in [6.45, 7) is 1.45. The summed E-state index contributed by atoms with van der Waals surface area (Å²) in [7, 11) is 1.51. The van der Waals surface area contributed by atoms with Crippen LogP contribution in [0.15, 0.2) is 36.4 Å². The van der Waals surface area contributed by atoms with Crippen molar-refractivity contribution >= 4 is 0 Å². The lowest BCUT2D eigenvalue weighted by Gasteiger charge is -2.15. The summed E-state index contributed by atoms with van der Waals surface area (Å²) in [4.78, 5) is 0. The van der Waals surface area contributed by atoms with E-state index in [1.165, 1.54) is 19.2 Å². The molecule has 0 amide bonds. The molecule has 1 N–H and O–H groups in total. The second-order valence-electron chi connectivity index (χ2n) is 4.58. The molecule has 0 heterocycles. The summed E-state index contributed by atoms with van der Waals surface area (Å²) in [6, 6.07) is 8.86. The highest BCUT2D eigenvalue weighted by Gasteiger charge is 2.13. The lowest BCUT2D eigenvalue weighted by molar-refractivity contribution is 0.189. The van der Waals surface area contributed by atoms with E-state index in [0.717, 1.165) is 6.07 Å². The van der Waals surface area contributed by atoms with Crippen molar-refractivity contribution in [3.8, 4) is 11.5 Å². The number of aliphatic hydroxyl groups excluding tert-OH is 1. The Morgan fingerprint density at radius 2 is 1.95 bits per heavy atom. The first-order valence-corrected chi connectivity index (χ1v) is 6.44. The van der Waals surface area contributed by atoms with Crippen LogP contribution in [0, 0.1) is 11.6 Å². The van der Waals surface area contributed by atoms with E-state index in [9.17, 15) is 13.9 Å². The van der Waals surface area contributed by atoms with Crippen molar-refractivity contribution in [2.24, 2.45) is 0 Å². The van der Waals surface area contributed by atoms with Gasteiger partial charge in [-0.05, 0) is 25.1 Å². The van der Waals surface area contributed by atoms with Crippen LogP contribution in [-0.2, 0) is 6.61 Å². The number of methoxy groups -OCH3 is 1. The molecule has 0 spiro atoms. The Labute approximate surface area is 121 Å². The molecule has 5 heteroatoms. The van der Waals surface area contributed by atoms with Gasteiger partial charge < -0.3 is 14.6 Å². The third kappa shape index (κ3) is 3.49. The van der Waals surface area contributed by atoms with E-state index in [4.69, 9.17) is 9.47 Å². The largest absolute Gasteiger partial charge is 0.497 e. The number of ether oxygens (including phenoxy) is 2. The molecule has 21 heavy (non-hydrogen) atoms. The maximum absolute atomic E-state index is 13.6. The van der Waals surface area contributed by atoms with Gasteiger partial charge in [0, 0.05) is 17.2 Å². The van der Waals surface area contributed by atoms with Crippen molar-refractivity contribution in [1.82, 2.24) is 0 Å². The third-order valence-electron chi connectivity index (χ3n) is 3.09. The number of halogens is 2. The Morgan fingerprint density at radius 3 is 2.62 bits per heavy atom. The highest BCUT2D eigenvalue weighted by atomic mass is 19.2. The van der Waals surface area contributed by atoms with Gasteiger partial charge in [0.2, 0.25) is 0 Å². The molecule has 0 radical (unpaired) electrons. The zero-order valence-electron chi connectivity index (χ0n) is 11.8. The molecule has 0 aliphatic heterocycles. The summed E-state index contributed by atoms with van der Waals surface area (Å²) in [5.41, 5.74) is 0.655. The van der Waals surface area contributed by atoms with E-state index in [-0.39, 0.29) is 12.2 Å². The minimum atomic E-state index is -0.931. The molecule has 112 valence electrons. The summed E-state index contributed by atoms with van der Waals surface area (Å²) in [5.74, 6) is -0.932. The Bertz CT molecular complexity index is 627. The van der Waals surface area contributed by atoms with E-state index in [1.54, 1.807) is 25.1 Å². The number of hydrogen-bond acceptors (Lipinski definition) is 3. The van der Waals surface area contributed by atoms with Crippen molar-refractivity contribution in [3.63, 3.8) is 0 Å². The molecule has 2 rings (SSSR count). The fourth-order valence-corrected chi connectivity index (χ4v) is 1.93. The monoisotopic (exact) mass is 294 g/mol. The lowest BCUT2D eigenvalue weighted by atomic mass is 10.1. The minimum Gasteiger partial charge on any atom is -0.497 e. The molecule has 0 bridgehead atoms. The van der Waals surface area contributed by atoms with Gasteiger partial charge in [0.15, 0.2) is 11.6 Å². The number of hydrogen-bond donors (Lipinski definition) is 1. The van der Waals surface area contributed by atoms with E-state index in [1.807, 2.05) is 0 Å². The first-order chi connectivity index (χ1) is 10.0. The third-order valence-corrected chi connectivity index (χ3v) is 3.09. The van der Waals surface area contributed by atoms with Crippen LogP contribution >= 0.6 is 0 Å². The maximum Gasteiger partial charge on any atom is 0.165 e. The van der Waals surface area contributed by atoms with Gasteiger partial charge in [0.1, 0.15) is 18.1 Å². The Morgan fingerprint density at radius 1 is 1.19 bits per heavy atom. The summed E-state index contributed by atoms with van der Waals surface area (Å²) in [6.07, 6.45) is -0.747. The van der Waals surface area contributed by atoms with Crippen LogP contribution in [0.2, 0.25) is 0 Å². The highest BCUT2D eigenvalue weighted by molar-refractivity contribution is 5.42. The van der Waals surface area contributed by atoms with Crippen molar-refractivity contribution in [2.45, 2.75) is 19.6 Å². The smallest absolute Gasteiger partial charge is 0.165 e. The average molecular weight is 294 g/mol. The molecule has 0 aliphatic carbocycles. The topological polar surface area (TPSA) is 38.7 Å². The van der Waals surface area contributed by atoms with Crippen molar-refractivity contribution in [3.05, 3.63) is 59.2 Å². The predicted octanol–water partition coefficient (Wildman–Crippen LogP) is 3.61. The SMILES string of the molecule is COc1ccc([C@H](C)O)c(OCc2cccc(F)c2F)c1. The molecule has 0 aliphatic rings. The van der Waals surface area contributed by atoms with Gasteiger partial charge >= 0.3 is 0 Å².